The summed E-state index contributed by atoms with van der Waals surface area (Å²) in [6.07, 6.45) is 5.86. The van der Waals surface area contributed by atoms with Crippen LogP contribution in [-0.2, 0) is 13.6 Å². The van der Waals surface area contributed by atoms with Gasteiger partial charge in [0.2, 0.25) is 0 Å². The number of likely N-dealkylation sites (tertiary alicyclic amines) is 1. The summed E-state index contributed by atoms with van der Waals surface area (Å²) in [6, 6.07) is 0.504. The van der Waals surface area contributed by atoms with Crippen molar-refractivity contribution >= 4 is 0 Å². The van der Waals surface area contributed by atoms with Crippen molar-refractivity contribution in [1.82, 2.24) is 25.0 Å². The minimum atomic E-state index is 0.504. The van der Waals surface area contributed by atoms with Crippen LogP contribution in [0.2, 0.25) is 0 Å². The van der Waals surface area contributed by atoms with Crippen LogP contribution in [0.4, 0.5) is 0 Å². The van der Waals surface area contributed by atoms with Crippen molar-refractivity contribution in [1.29, 1.82) is 0 Å². The van der Waals surface area contributed by atoms with Crippen molar-refractivity contribution in [2.75, 3.05) is 19.6 Å². The first kappa shape index (κ1) is 12.5. The van der Waals surface area contributed by atoms with Crippen LogP contribution < -0.4 is 5.32 Å². The Bertz CT molecular complexity index is 329. The van der Waals surface area contributed by atoms with Crippen molar-refractivity contribution in [3.63, 3.8) is 0 Å². The highest BCUT2D eigenvalue weighted by Gasteiger charge is 2.13. The first-order chi connectivity index (χ1) is 8.25. The van der Waals surface area contributed by atoms with Crippen LogP contribution in [0.25, 0.3) is 0 Å². The van der Waals surface area contributed by atoms with Gasteiger partial charge in [-0.15, -0.1) is 10.2 Å². The number of hydrogen-bond donors (Lipinski definition) is 1. The van der Waals surface area contributed by atoms with Crippen molar-refractivity contribution in [2.45, 2.75) is 38.8 Å². The minimum Gasteiger partial charge on any atom is -0.320 e. The van der Waals surface area contributed by atoms with E-state index in [1.165, 1.54) is 32.4 Å². The zero-order valence-corrected chi connectivity index (χ0v) is 10.9. The van der Waals surface area contributed by atoms with E-state index in [1.54, 1.807) is 6.33 Å². The maximum atomic E-state index is 4.07. The molecule has 96 valence electrons. The fourth-order valence-corrected chi connectivity index (χ4v) is 2.33. The molecule has 1 aromatic rings. The maximum Gasteiger partial charge on any atom is 0.146 e. The predicted octanol–water partition coefficient (Wildman–Crippen LogP) is 0.779. The molecule has 0 bridgehead atoms. The Morgan fingerprint density at radius 2 is 2.12 bits per heavy atom. The van der Waals surface area contributed by atoms with E-state index in [4.69, 9.17) is 0 Å². The summed E-state index contributed by atoms with van der Waals surface area (Å²) in [5.74, 6) is 0.996. The molecule has 1 atom stereocenters. The lowest BCUT2D eigenvalue weighted by molar-refractivity contribution is 0.208. The Balaban J connectivity index is 1.70. The van der Waals surface area contributed by atoms with Gasteiger partial charge in [0.15, 0.2) is 0 Å². The van der Waals surface area contributed by atoms with Gasteiger partial charge in [-0.3, -0.25) is 0 Å². The topological polar surface area (TPSA) is 46.0 Å². The average Bonchev–Trinajstić information content (AvgIpc) is 2.74. The molecule has 1 N–H and O–H groups in total. The molecule has 0 spiro atoms. The number of aryl methyl sites for hydroxylation is 1. The van der Waals surface area contributed by atoms with E-state index in [0.717, 1.165) is 18.9 Å². The summed E-state index contributed by atoms with van der Waals surface area (Å²) in [4.78, 5) is 2.55. The summed E-state index contributed by atoms with van der Waals surface area (Å²) in [5, 5.41) is 11.5. The van der Waals surface area contributed by atoms with E-state index < -0.39 is 0 Å². The van der Waals surface area contributed by atoms with E-state index in [9.17, 15) is 0 Å². The number of nitrogens with zero attached hydrogens (tertiary/aromatic N) is 4. The lowest BCUT2D eigenvalue weighted by atomic mass is 10.1. The van der Waals surface area contributed by atoms with E-state index in [1.807, 2.05) is 11.6 Å². The Kier molecular flexibility index (Phi) is 4.50. The Hall–Kier alpha value is -0.940. The third kappa shape index (κ3) is 3.78. The summed E-state index contributed by atoms with van der Waals surface area (Å²) in [5.41, 5.74) is 0. The summed E-state index contributed by atoms with van der Waals surface area (Å²) < 4.78 is 1.96. The molecule has 17 heavy (non-hydrogen) atoms. The molecule has 1 aliphatic rings. The molecule has 1 fully saturated rings. The molecule has 2 rings (SSSR count). The first-order valence-corrected chi connectivity index (χ1v) is 6.54. The van der Waals surface area contributed by atoms with Crippen LogP contribution in [0.1, 0.15) is 32.0 Å². The van der Waals surface area contributed by atoms with Crippen LogP contribution >= 0.6 is 0 Å². The Morgan fingerprint density at radius 3 is 2.76 bits per heavy atom. The Morgan fingerprint density at radius 1 is 1.35 bits per heavy atom. The van der Waals surface area contributed by atoms with Crippen molar-refractivity contribution in [3.05, 3.63) is 12.2 Å². The molecular formula is C12H23N5. The molecule has 2 heterocycles. The number of nitrogens with one attached hydrogen (secondary N) is 1. The highest BCUT2D eigenvalue weighted by Crippen LogP contribution is 2.08. The van der Waals surface area contributed by atoms with Crippen LogP contribution in [0.5, 0.6) is 0 Å². The van der Waals surface area contributed by atoms with Gasteiger partial charge in [0.1, 0.15) is 12.2 Å². The van der Waals surface area contributed by atoms with E-state index in [-0.39, 0.29) is 0 Å². The Labute approximate surface area is 103 Å². The van der Waals surface area contributed by atoms with Gasteiger partial charge in [-0.2, -0.15) is 0 Å². The summed E-state index contributed by atoms with van der Waals surface area (Å²) in [7, 11) is 1.98. The normalized spacial score (nSPS) is 19.4. The number of aromatic nitrogens is 3. The van der Waals surface area contributed by atoms with Crippen LogP contribution in [0.3, 0.4) is 0 Å². The van der Waals surface area contributed by atoms with Crippen molar-refractivity contribution in [3.8, 4) is 0 Å². The summed E-state index contributed by atoms with van der Waals surface area (Å²) in [6.45, 7) is 6.69. The molecule has 1 unspecified atom stereocenters. The largest absolute Gasteiger partial charge is 0.320 e. The maximum absolute atomic E-state index is 4.07. The standard InChI is InChI=1S/C12H23N5/c1-11(9-17-6-4-3-5-7-17)13-8-12-15-14-10-16(12)2/h10-11,13H,3-9H2,1-2H3. The monoisotopic (exact) mass is 237 g/mol. The first-order valence-electron chi connectivity index (χ1n) is 6.54. The molecule has 0 radical (unpaired) electrons. The fraction of sp³-hybridized carbons (Fsp3) is 0.833. The lowest BCUT2D eigenvalue weighted by Crippen LogP contribution is -2.41. The second kappa shape index (κ2) is 6.12. The van der Waals surface area contributed by atoms with E-state index >= 15 is 0 Å². The molecule has 1 aromatic heterocycles. The molecule has 1 aliphatic heterocycles. The van der Waals surface area contributed by atoms with Gasteiger partial charge in [-0.05, 0) is 32.9 Å². The summed E-state index contributed by atoms with van der Waals surface area (Å²) >= 11 is 0. The van der Waals surface area contributed by atoms with Gasteiger partial charge in [0.05, 0.1) is 6.54 Å². The highest BCUT2D eigenvalue weighted by molar-refractivity contribution is 4.84. The average molecular weight is 237 g/mol. The van der Waals surface area contributed by atoms with Gasteiger partial charge in [0, 0.05) is 19.6 Å². The minimum absolute atomic E-state index is 0.504. The van der Waals surface area contributed by atoms with Gasteiger partial charge >= 0.3 is 0 Å². The van der Waals surface area contributed by atoms with Gasteiger partial charge in [0.25, 0.3) is 0 Å². The molecule has 0 aromatic carbocycles. The van der Waals surface area contributed by atoms with Crippen molar-refractivity contribution < 1.29 is 0 Å². The molecule has 1 saturated heterocycles. The number of rotatable bonds is 5. The smallest absolute Gasteiger partial charge is 0.146 e. The van der Waals surface area contributed by atoms with Crippen LogP contribution in [-0.4, -0.2) is 45.3 Å². The third-order valence-corrected chi connectivity index (χ3v) is 3.39. The molecule has 5 nitrogen and oxygen atoms in total. The van der Waals surface area contributed by atoms with Gasteiger partial charge in [-0.25, -0.2) is 0 Å². The van der Waals surface area contributed by atoms with Gasteiger partial charge in [-0.1, -0.05) is 6.42 Å². The van der Waals surface area contributed by atoms with Crippen LogP contribution in [0.15, 0.2) is 6.33 Å². The number of hydrogen-bond acceptors (Lipinski definition) is 4. The molecule has 0 saturated carbocycles. The third-order valence-electron chi connectivity index (χ3n) is 3.39. The fourth-order valence-electron chi connectivity index (χ4n) is 2.33. The predicted molar refractivity (Wildman–Crippen MR) is 67.6 cm³/mol. The van der Waals surface area contributed by atoms with Crippen molar-refractivity contribution in [2.24, 2.45) is 7.05 Å². The van der Waals surface area contributed by atoms with E-state index in [2.05, 4.69) is 27.3 Å². The zero-order chi connectivity index (χ0) is 12.1. The van der Waals surface area contributed by atoms with Crippen LogP contribution in [0, 0.1) is 0 Å². The molecular weight excluding hydrogens is 214 g/mol. The van der Waals surface area contributed by atoms with E-state index in [0.29, 0.717) is 6.04 Å². The second-order valence-electron chi connectivity index (χ2n) is 5.00. The quantitative estimate of drug-likeness (QED) is 0.822. The second-order valence-corrected chi connectivity index (χ2v) is 5.00. The van der Waals surface area contributed by atoms with Gasteiger partial charge < -0.3 is 14.8 Å². The SMILES string of the molecule is CC(CN1CCCCC1)NCc1nncn1C. The highest BCUT2D eigenvalue weighted by atomic mass is 15.3. The molecule has 0 amide bonds. The molecule has 5 heteroatoms. The number of piperidine rings is 1. The zero-order valence-electron chi connectivity index (χ0n) is 10.9. The molecule has 0 aliphatic carbocycles. The lowest BCUT2D eigenvalue weighted by Gasteiger charge is -2.29.